The van der Waals surface area contributed by atoms with Crippen molar-refractivity contribution in [1.29, 1.82) is 5.26 Å². The predicted octanol–water partition coefficient (Wildman–Crippen LogP) is 2.87. The number of halogens is 1. The highest BCUT2D eigenvalue weighted by molar-refractivity contribution is 6.33. The van der Waals surface area contributed by atoms with Gasteiger partial charge in [-0.15, -0.1) is 0 Å². The minimum Gasteiger partial charge on any atom is -0.380 e. The number of nitrogens with one attached hydrogen (secondary N) is 1. The van der Waals surface area contributed by atoms with Gasteiger partial charge < -0.3 is 5.32 Å². The zero-order valence-electron chi connectivity index (χ0n) is 10.2. The molecule has 0 unspecified atom stereocenters. The van der Waals surface area contributed by atoms with Crippen LogP contribution in [0.25, 0.3) is 0 Å². The second-order valence-electron chi connectivity index (χ2n) is 4.04. The molecule has 0 amide bonds. The van der Waals surface area contributed by atoms with Crippen molar-refractivity contribution in [3.8, 4) is 6.07 Å². The van der Waals surface area contributed by atoms with Crippen molar-refractivity contribution in [2.24, 2.45) is 7.05 Å². The summed E-state index contributed by atoms with van der Waals surface area (Å²) in [4.78, 5) is 0. The van der Waals surface area contributed by atoms with E-state index in [1.54, 1.807) is 12.1 Å². The molecule has 1 aromatic carbocycles. The summed E-state index contributed by atoms with van der Waals surface area (Å²) in [6.07, 6.45) is 1.83. The number of hydrogen-bond acceptors (Lipinski definition) is 3. The van der Waals surface area contributed by atoms with Crippen molar-refractivity contribution in [3.63, 3.8) is 0 Å². The molecule has 1 aromatic heterocycles. The zero-order chi connectivity index (χ0) is 13.1. The first-order valence-electron chi connectivity index (χ1n) is 5.53. The first-order valence-corrected chi connectivity index (χ1v) is 5.90. The summed E-state index contributed by atoms with van der Waals surface area (Å²) < 4.78 is 1.83. The van der Waals surface area contributed by atoms with Crippen LogP contribution in [0.3, 0.4) is 0 Å². The van der Waals surface area contributed by atoms with Gasteiger partial charge >= 0.3 is 0 Å². The van der Waals surface area contributed by atoms with Crippen molar-refractivity contribution < 1.29 is 0 Å². The molecular weight excluding hydrogens is 248 g/mol. The molecule has 1 N–H and O–H groups in total. The lowest BCUT2D eigenvalue weighted by Gasteiger charge is -2.08. The molecular formula is C13H13ClN4. The van der Waals surface area contributed by atoms with Crippen LogP contribution in [0.1, 0.15) is 16.8 Å². The van der Waals surface area contributed by atoms with Gasteiger partial charge in [-0.2, -0.15) is 10.4 Å². The van der Waals surface area contributed by atoms with E-state index in [2.05, 4.69) is 16.5 Å². The summed E-state index contributed by atoms with van der Waals surface area (Å²) in [6.45, 7) is 2.68. The lowest BCUT2D eigenvalue weighted by molar-refractivity contribution is 0.738. The maximum atomic E-state index is 8.76. The van der Waals surface area contributed by atoms with E-state index in [4.69, 9.17) is 16.9 Å². The lowest BCUT2D eigenvalue weighted by atomic mass is 10.2. The number of aryl methyl sites for hydroxylation is 1. The molecule has 18 heavy (non-hydrogen) atoms. The van der Waals surface area contributed by atoms with Crippen LogP contribution in [0.15, 0.2) is 24.4 Å². The van der Waals surface area contributed by atoms with Crippen LogP contribution in [0.2, 0.25) is 5.02 Å². The van der Waals surface area contributed by atoms with E-state index in [1.807, 2.05) is 30.9 Å². The van der Waals surface area contributed by atoms with Crippen molar-refractivity contribution in [2.75, 3.05) is 5.32 Å². The van der Waals surface area contributed by atoms with Gasteiger partial charge in [-0.25, -0.2) is 0 Å². The van der Waals surface area contributed by atoms with Crippen molar-refractivity contribution in [1.82, 2.24) is 9.78 Å². The quantitative estimate of drug-likeness (QED) is 0.923. The van der Waals surface area contributed by atoms with Gasteiger partial charge in [0.05, 0.1) is 28.5 Å². The van der Waals surface area contributed by atoms with Crippen molar-refractivity contribution >= 4 is 17.3 Å². The molecule has 2 rings (SSSR count). The van der Waals surface area contributed by atoms with Gasteiger partial charge in [0.2, 0.25) is 0 Å². The summed E-state index contributed by atoms with van der Waals surface area (Å²) in [5, 5.41) is 16.7. The van der Waals surface area contributed by atoms with Crippen LogP contribution in [-0.4, -0.2) is 9.78 Å². The Labute approximate surface area is 111 Å². The van der Waals surface area contributed by atoms with Crippen LogP contribution in [-0.2, 0) is 13.6 Å². The van der Waals surface area contributed by atoms with E-state index < -0.39 is 0 Å². The average Bonchev–Trinajstić information content (AvgIpc) is 2.68. The highest BCUT2D eigenvalue weighted by Gasteiger charge is 2.05. The summed E-state index contributed by atoms with van der Waals surface area (Å²) in [7, 11) is 1.91. The lowest BCUT2D eigenvalue weighted by Crippen LogP contribution is -2.02. The molecule has 5 heteroatoms. The Hall–Kier alpha value is -1.99. The molecule has 2 aromatic rings. The third-order valence-electron chi connectivity index (χ3n) is 2.90. The molecule has 0 spiro atoms. The molecule has 0 aliphatic carbocycles. The Morgan fingerprint density at radius 1 is 1.50 bits per heavy atom. The van der Waals surface area contributed by atoms with Gasteiger partial charge in [0.1, 0.15) is 0 Å². The summed E-state index contributed by atoms with van der Waals surface area (Å²) >= 11 is 6.08. The topological polar surface area (TPSA) is 53.6 Å². The maximum Gasteiger partial charge on any atom is 0.0992 e. The number of nitriles is 1. The van der Waals surface area contributed by atoms with Crippen molar-refractivity contribution in [2.45, 2.75) is 13.5 Å². The van der Waals surface area contributed by atoms with Gasteiger partial charge in [0.25, 0.3) is 0 Å². The monoisotopic (exact) mass is 260 g/mol. The summed E-state index contributed by atoms with van der Waals surface area (Å²) in [6, 6.07) is 7.26. The molecule has 1 heterocycles. The zero-order valence-corrected chi connectivity index (χ0v) is 11.0. The summed E-state index contributed by atoms with van der Waals surface area (Å²) in [5.74, 6) is 0. The predicted molar refractivity (Wildman–Crippen MR) is 71.4 cm³/mol. The Kier molecular flexibility index (Phi) is 3.54. The third-order valence-corrected chi connectivity index (χ3v) is 3.22. The van der Waals surface area contributed by atoms with Crippen LogP contribution >= 0.6 is 11.6 Å². The molecule has 0 aliphatic rings. The standard InChI is InChI=1S/C13H13ClN4/c1-9-11(8-17-18(9)2)7-16-13-4-3-10(6-15)5-12(13)14/h3-5,8,16H,7H2,1-2H3. The van der Waals surface area contributed by atoms with E-state index in [1.165, 1.54) is 0 Å². The number of hydrogen-bond donors (Lipinski definition) is 1. The van der Waals surface area contributed by atoms with Gasteiger partial charge in [0, 0.05) is 24.8 Å². The molecule has 0 saturated carbocycles. The van der Waals surface area contributed by atoms with Gasteiger partial charge in [-0.05, 0) is 25.1 Å². The van der Waals surface area contributed by atoms with Crippen molar-refractivity contribution in [3.05, 3.63) is 46.2 Å². The highest BCUT2D eigenvalue weighted by Crippen LogP contribution is 2.23. The number of rotatable bonds is 3. The second kappa shape index (κ2) is 5.11. The minimum atomic E-state index is 0.551. The van der Waals surface area contributed by atoms with Gasteiger partial charge in [-0.1, -0.05) is 11.6 Å². The first-order chi connectivity index (χ1) is 8.61. The Balaban J connectivity index is 2.11. The summed E-state index contributed by atoms with van der Waals surface area (Å²) in [5.41, 5.74) is 3.62. The average molecular weight is 261 g/mol. The molecule has 0 atom stereocenters. The fourth-order valence-corrected chi connectivity index (χ4v) is 1.88. The number of benzene rings is 1. The van der Waals surface area contributed by atoms with E-state index in [-0.39, 0.29) is 0 Å². The maximum absolute atomic E-state index is 8.76. The molecule has 0 aliphatic heterocycles. The Morgan fingerprint density at radius 2 is 2.28 bits per heavy atom. The largest absolute Gasteiger partial charge is 0.380 e. The fourth-order valence-electron chi connectivity index (χ4n) is 1.64. The molecule has 0 radical (unpaired) electrons. The van der Waals surface area contributed by atoms with Crippen LogP contribution < -0.4 is 5.32 Å². The Bertz CT molecular complexity index is 610. The molecule has 92 valence electrons. The SMILES string of the molecule is Cc1c(CNc2ccc(C#N)cc2Cl)cnn1C. The van der Waals surface area contributed by atoms with Gasteiger partial charge in [-0.3, -0.25) is 4.68 Å². The van der Waals surface area contributed by atoms with E-state index >= 15 is 0 Å². The van der Waals surface area contributed by atoms with E-state index in [9.17, 15) is 0 Å². The molecule has 0 bridgehead atoms. The first kappa shape index (κ1) is 12.5. The third kappa shape index (κ3) is 2.47. The van der Waals surface area contributed by atoms with Crippen LogP contribution in [0, 0.1) is 18.3 Å². The van der Waals surface area contributed by atoms with Crippen LogP contribution in [0.5, 0.6) is 0 Å². The van der Waals surface area contributed by atoms with Crippen LogP contribution in [0.4, 0.5) is 5.69 Å². The normalized spacial score (nSPS) is 10.1. The smallest absolute Gasteiger partial charge is 0.0992 e. The molecule has 0 saturated heterocycles. The highest BCUT2D eigenvalue weighted by atomic mass is 35.5. The number of nitrogens with zero attached hydrogens (tertiary/aromatic N) is 3. The van der Waals surface area contributed by atoms with E-state index in [0.717, 1.165) is 16.9 Å². The van der Waals surface area contributed by atoms with E-state index in [0.29, 0.717) is 17.1 Å². The number of anilines is 1. The Morgan fingerprint density at radius 3 is 2.83 bits per heavy atom. The van der Waals surface area contributed by atoms with Gasteiger partial charge in [0.15, 0.2) is 0 Å². The minimum absolute atomic E-state index is 0.551. The molecule has 0 fully saturated rings. The fraction of sp³-hybridized carbons (Fsp3) is 0.231. The molecule has 4 nitrogen and oxygen atoms in total. The number of aromatic nitrogens is 2. The second-order valence-corrected chi connectivity index (χ2v) is 4.45.